The van der Waals surface area contributed by atoms with Crippen LogP contribution >= 0.6 is 0 Å². The van der Waals surface area contributed by atoms with Crippen LogP contribution in [0.15, 0.2) is 85.6 Å². The van der Waals surface area contributed by atoms with Crippen LogP contribution in [-0.2, 0) is 139 Å². The van der Waals surface area contributed by atoms with E-state index < -0.39 is 184 Å². The molecule has 0 aromatic carbocycles. The maximum atomic E-state index is 11.7. The summed E-state index contributed by atoms with van der Waals surface area (Å²) in [5.74, 6) is -2.12. The van der Waals surface area contributed by atoms with Crippen LogP contribution in [0.4, 0.5) is 13.2 Å². The molecule has 2 rings (SSSR count). The number of alkyl halides is 3. The Morgan fingerprint density at radius 1 is 0.378 bits per heavy atom. The minimum absolute atomic E-state index is 0.0739. The molecule has 4 atom stereocenters. The smallest absolute Gasteiger partial charge is 0.462 e. The Morgan fingerprint density at radius 2 is 0.601 bits per heavy atom. The van der Waals surface area contributed by atoms with E-state index in [9.17, 15) is 47.0 Å². The van der Waals surface area contributed by atoms with Crippen LogP contribution in [0.25, 0.3) is 0 Å². The second-order valence-electron chi connectivity index (χ2n) is 41.3. The molecule has 5 N–H and O–H groups in total. The number of carbonyl (C=O) groups excluding carboxylic acids is 6. The number of ether oxygens (including phenoxy) is 8. The van der Waals surface area contributed by atoms with Crippen molar-refractivity contribution in [1.82, 2.24) is 0 Å². The number of hydrogen-bond donors (Lipinski definition) is 5. The van der Waals surface area contributed by atoms with Gasteiger partial charge in [0.25, 0.3) is 46.4 Å². The van der Waals surface area contributed by atoms with Crippen LogP contribution in [0.5, 0.6) is 0 Å². The number of rotatable bonds is 56. The molecule has 143 heavy (non-hydrogen) atoms. The second-order valence-corrected chi connectivity index (χ2v) is 106. The molecule has 0 amide bonds. The highest BCUT2D eigenvalue weighted by atomic mass is 32.2. The molecule has 2 aliphatic rings. The predicted molar refractivity (Wildman–Crippen MR) is 599 cm³/mol. The predicted octanol–water partition coefficient (Wildman–Crippen LogP) is 16.7. The normalized spacial score (nSPS) is 18.2. The Bertz CT molecular complexity index is 3790. The third kappa shape index (κ3) is 84.9. The molecule has 0 aromatic rings. The van der Waals surface area contributed by atoms with Crippen LogP contribution in [0.2, 0.25) is 239 Å². The Hall–Kier alpha value is -2.24. The van der Waals surface area contributed by atoms with Gasteiger partial charge in [0, 0.05) is 40.0 Å². The van der Waals surface area contributed by atoms with E-state index in [0.717, 1.165) is 61.9 Å². The zero-order valence-corrected chi connectivity index (χ0v) is 113. The molecule has 58 heteroatoms. The molecule has 2 saturated heterocycles. The molecule has 0 saturated carbocycles. The molecule has 0 radical (unpaired) electrons. The number of carbonyl (C=O) groups is 6. The fraction of sp³-hybridized carbons (Fsp3) is 0.765. The van der Waals surface area contributed by atoms with E-state index in [4.69, 9.17) is 128 Å². The summed E-state index contributed by atoms with van der Waals surface area (Å²) in [6, 6.07) is 5.96. The molecular formula is C85H187F3O36SSi18. The minimum atomic E-state index is -5.84. The van der Waals surface area contributed by atoms with Gasteiger partial charge in [-0.05, 0) is 325 Å². The fourth-order valence-electron chi connectivity index (χ4n) is 14.0. The second kappa shape index (κ2) is 70.9. The van der Waals surface area contributed by atoms with Crippen LogP contribution in [-0.4, -0.2) is 322 Å². The van der Waals surface area contributed by atoms with Crippen molar-refractivity contribution in [2.24, 2.45) is 0 Å². The molecule has 842 valence electrons. The number of aliphatic hydroxyl groups excluding tert-OH is 4. The topological polar surface area (TPSA) is 450 Å². The molecular weight excluding hydrogens is 2190 g/mol. The minimum Gasteiger partial charge on any atom is -0.462 e. The van der Waals surface area contributed by atoms with Gasteiger partial charge in [-0.15, -0.1) is 6.58 Å². The number of aliphatic hydroxyl groups is 4. The Labute approximate surface area is 878 Å². The molecule has 2 aliphatic heterocycles. The first-order chi connectivity index (χ1) is 64.5. The van der Waals surface area contributed by atoms with Crippen molar-refractivity contribution in [2.45, 2.75) is 343 Å². The number of halogens is 3. The summed E-state index contributed by atoms with van der Waals surface area (Å²) < 4.78 is 193. The van der Waals surface area contributed by atoms with Crippen molar-refractivity contribution in [3.05, 3.63) is 85.6 Å². The highest BCUT2D eigenvalue weighted by Gasteiger charge is 2.52. The average Bonchev–Trinajstić information content (AvgIpc) is 0.790. The SMILES string of the molecule is C=C(C)C(=O)OCCC[Si](C)(C)O[SiH](C)O[Si](C)(C)O[Si](C)(C)CCCOC(=O)C(=C)C.C=C(C)C(=O)OCCC[Si](C)(C)O[Si](C)(C)CCCOC(=O)C(=C)C.C=C(C)C(=O)OCCC[Si](C)(C)O[Si](C)(C)O[Si](C)(CCCOCC(O)CO)O[Si](C)(C)CCCOC(=O)C(=C)C.C=CCOCC(O)CO.C[SiH]1O[SiH](C)O[SiH](C)O[SiH](C)O1.C[Si]1(C)O[Si](C)(C)O[Si](C)(C)O[Si](C)(C)O1.O=S(=O)(O)C(F)(F)F. The molecule has 0 aliphatic carbocycles. The Kier molecular flexibility index (Phi) is 74.0. The van der Waals surface area contributed by atoms with Crippen LogP contribution in [0, 0.1) is 0 Å². The summed E-state index contributed by atoms with van der Waals surface area (Å²) in [6.45, 7) is 101. The summed E-state index contributed by atoms with van der Waals surface area (Å²) >= 11 is 0. The van der Waals surface area contributed by atoms with Crippen LogP contribution in [0.3, 0.4) is 0 Å². The summed E-state index contributed by atoms with van der Waals surface area (Å²) in [5, 5.41) is 35.5. The van der Waals surface area contributed by atoms with Gasteiger partial charge in [-0.1, -0.05) is 45.5 Å². The average molecular weight is 2380 g/mol. The van der Waals surface area contributed by atoms with Gasteiger partial charge in [-0.3, -0.25) is 4.55 Å². The highest BCUT2D eigenvalue weighted by Crippen LogP contribution is 2.34. The lowest BCUT2D eigenvalue weighted by Crippen LogP contribution is -2.64. The first-order valence-corrected chi connectivity index (χ1v) is 98.2. The third-order valence-electron chi connectivity index (χ3n) is 18.5. The van der Waals surface area contributed by atoms with E-state index in [-0.39, 0.29) is 62.2 Å². The Balaban J connectivity index is -0.000000554. The van der Waals surface area contributed by atoms with E-state index in [0.29, 0.717) is 112 Å². The highest BCUT2D eigenvalue weighted by molar-refractivity contribution is 7.86. The first-order valence-electron chi connectivity index (χ1n) is 48.1. The van der Waals surface area contributed by atoms with Gasteiger partial charge in [-0.25, -0.2) is 28.8 Å². The lowest BCUT2D eigenvalue weighted by molar-refractivity contribution is -0.139. The van der Waals surface area contributed by atoms with Crippen LogP contribution in [0.1, 0.15) is 86.5 Å². The van der Waals surface area contributed by atoms with E-state index in [1.165, 1.54) is 0 Å². The maximum Gasteiger partial charge on any atom is 0.522 e. The summed E-state index contributed by atoms with van der Waals surface area (Å²) in [6.07, 6.45) is 5.16. The van der Waals surface area contributed by atoms with Crippen molar-refractivity contribution in [2.75, 3.05) is 79.3 Å². The van der Waals surface area contributed by atoms with Gasteiger partial charge in [0.05, 0.1) is 72.7 Å². The lowest BCUT2D eigenvalue weighted by Gasteiger charge is -2.46. The van der Waals surface area contributed by atoms with Crippen molar-refractivity contribution in [3.8, 4) is 0 Å². The van der Waals surface area contributed by atoms with Crippen molar-refractivity contribution >= 4 is 202 Å². The summed E-state index contributed by atoms with van der Waals surface area (Å²) in [5.41, 5.74) is -3.09. The molecule has 4 unspecified atom stereocenters. The van der Waals surface area contributed by atoms with E-state index in [1.54, 1.807) is 47.6 Å². The zero-order chi connectivity index (χ0) is 113. The Morgan fingerprint density at radius 3 is 0.839 bits per heavy atom. The molecule has 0 bridgehead atoms. The van der Waals surface area contributed by atoms with Crippen molar-refractivity contribution < 1.29 is 175 Å². The van der Waals surface area contributed by atoms with Gasteiger partial charge in [0.15, 0.2) is 49.9 Å². The molecule has 0 spiro atoms. The third-order valence-corrected chi connectivity index (χ3v) is 85.6. The van der Waals surface area contributed by atoms with E-state index in [2.05, 4.69) is 216 Å². The molecule has 36 nitrogen and oxygen atoms in total. The van der Waals surface area contributed by atoms with Gasteiger partial charge < -0.3 is 120 Å². The molecule has 2 fully saturated rings. The van der Waals surface area contributed by atoms with Gasteiger partial charge in [0.2, 0.25) is 0 Å². The van der Waals surface area contributed by atoms with E-state index >= 15 is 0 Å². The number of esters is 6. The number of hydrogen-bond acceptors (Lipinski definition) is 35. The first kappa shape index (κ1) is 149. The quantitative estimate of drug-likeness (QED) is 0.00552. The standard InChI is InChI=1S/C27H56O10Si4.C21H44O7Si4.C18H34O5Si2.C8H24O4Si4.C6H12O3.C4H16O4Si4.CHF3O3S/c1-23(2)26(30)33-16-13-18-38(5,6)35-40(9,10)37-41(11,20-12-15-32-22-25(29)21-28)36-39(7,8)19-14-17-34-27(31)24(3)4;1-18(2)20(22)24-14-12-16-30(6,7)26-29(5)27-32(10,11)28-31(8,9)17-13-15-25-21(23)19(3)4;1-15(2)17(19)21-11-9-13-24(5,6)23-25(7,8)14-10-12-22-18(20)16(3)4;1-13(2)9-14(3,4)11-16(7,8)12-15(5,6)10-13;1-2-3-9-5-6(8)4-7;1-9-5-10(2)7-12(4)8-11(3)6-9;2-1(3,4)8(5,6)7/h25,28-29H,1,3,12-22H2,2,4-11H3;29H,1,3,12-17H2,2,4-11H3;1,3,9-14H2,2,4-8H3;1-8H3;2,6-8H,1,3-5H2;9-12H,1-4H3;(H,5,6,7). The van der Waals surface area contributed by atoms with Crippen molar-refractivity contribution in [1.29, 1.82) is 0 Å². The monoisotopic (exact) mass is 2380 g/mol. The molecule has 0 aromatic heterocycles. The summed E-state index contributed by atoms with van der Waals surface area (Å²) in [4.78, 5) is 69.0. The van der Waals surface area contributed by atoms with Crippen molar-refractivity contribution in [3.63, 3.8) is 0 Å². The van der Waals surface area contributed by atoms with Crippen LogP contribution < -0.4 is 0 Å². The fourth-order valence-corrected chi connectivity index (χ4v) is 91.8. The van der Waals surface area contributed by atoms with Gasteiger partial charge in [-0.2, -0.15) is 21.6 Å². The maximum absolute atomic E-state index is 11.7. The van der Waals surface area contributed by atoms with Gasteiger partial charge >= 0.3 is 111 Å². The summed E-state index contributed by atoms with van der Waals surface area (Å²) in [7, 11) is -41.4. The van der Waals surface area contributed by atoms with Gasteiger partial charge in [0.1, 0.15) is 12.2 Å². The zero-order valence-electron chi connectivity index (χ0n) is 93.4. The largest absolute Gasteiger partial charge is 0.522 e. The van der Waals surface area contributed by atoms with E-state index in [1.807, 2.05) is 26.2 Å². The molecule has 2 heterocycles. The lowest BCUT2D eigenvalue weighted by atomic mass is 10.4.